The summed E-state index contributed by atoms with van der Waals surface area (Å²) in [6.07, 6.45) is 34.1. The van der Waals surface area contributed by atoms with Gasteiger partial charge in [-0.1, -0.05) is 214 Å². The van der Waals surface area contributed by atoms with E-state index in [1.807, 2.05) is 47.0 Å². The Balaban J connectivity index is 1.76. The molecule has 0 radical (unpaired) electrons. The number of aromatic nitrogens is 8. The summed E-state index contributed by atoms with van der Waals surface area (Å²) in [5, 5.41) is 37.8. The standard InChI is InChI=1S/C96H154N16S8/c1-17-33-49-97-73-65-67(75(99-51-35-19-3)79(103-55-39-23-7)77(73)101-53-37-21-5)91-106-89(65)105-90-66-68(76(100-52-36-20-4)80(104-56-40-24-8)78(102-54-38-22-6)74(66)98-50-34-18-2)92(107-90)109-94-70-72(84(116-60-44-28-12)88(120-64-48-32-16)86(118-62-46-30-14)82(70)114-58-42-26-10)96(111-94)112-95-71-69(93(108-91)110-95)81(113-57-41-25-9)85(117-61-45-29-13)87(119-63-47-31-15)83(71)115-59-43-27-11/h97-104H,17-64H2,1-16H3,(H2,105,106,107,108,109,110,111,112). The highest BCUT2D eigenvalue weighted by molar-refractivity contribution is 8.05. The lowest BCUT2D eigenvalue weighted by molar-refractivity contribution is 0.823. The Morgan fingerprint density at radius 3 is 0.608 bits per heavy atom. The van der Waals surface area contributed by atoms with Crippen LogP contribution in [0.3, 0.4) is 0 Å². The van der Waals surface area contributed by atoms with Gasteiger partial charge >= 0.3 is 0 Å². The number of hydrogen-bond donors (Lipinski definition) is 10. The molecule has 0 saturated carbocycles. The minimum absolute atomic E-state index is 0.594. The van der Waals surface area contributed by atoms with Gasteiger partial charge < -0.3 is 52.5 Å². The van der Waals surface area contributed by atoms with Crippen LogP contribution < -0.4 is 42.5 Å². The van der Waals surface area contributed by atoms with Crippen LogP contribution in [0.4, 0.5) is 45.5 Å². The molecule has 120 heavy (non-hydrogen) atoms. The molecule has 0 aliphatic carbocycles. The highest BCUT2D eigenvalue weighted by Gasteiger charge is 2.38. The first-order valence-electron chi connectivity index (χ1n) is 47.8. The van der Waals surface area contributed by atoms with Crippen molar-refractivity contribution >= 4 is 184 Å². The highest BCUT2D eigenvalue weighted by Crippen LogP contribution is 2.60. The summed E-state index contributed by atoms with van der Waals surface area (Å²) >= 11 is 16.5. The molecule has 7 aromatic rings. The zero-order valence-corrected chi connectivity index (χ0v) is 83.4. The molecule has 0 saturated heterocycles. The molecule has 3 aromatic heterocycles. The van der Waals surface area contributed by atoms with Crippen LogP contribution in [0, 0.1) is 0 Å². The van der Waals surface area contributed by atoms with Crippen LogP contribution in [0.2, 0.25) is 0 Å². The lowest BCUT2D eigenvalue weighted by Gasteiger charge is -2.26. The van der Waals surface area contributed by atoms with E-state index in [4.69, 9.17) is 29.9 Å². The van der Waals surface area contributed by atoms with Crippen molar-refractivity contribution in [2.75, 3.05) is 141 Å². The van der Waals surface area contributed by atoms with Crippen molar-refractivity contribution in [1.29, 1.82) is 0 Å². The van der Waals surface area contributed by atoms with E-state index in [9.17, 15) is 0 Å². The summed E-state index contributed by atoms with van der Waals surface area (Å²) in [7, 11) is 0. The summed E-state index contributed by atoms with van der Waals surface area (Å²) < 4.78 is 0. The van der Waals surface area contributed by atoms with Crippen molar-refractivity contribution in [3.63, 3.8) is 0 Å². The number of aromatic amines is 2. The van der Waals surface area contributed by atoms with E-state index in [1.54, 1.807) is 0 Å². The van der Waals surface area contributed by atoms with E-state index in [-0.39, 0.29) is 0 Å². The number of fused-ring (bicyclic) bond motifs is 20. The Morgan fingerprint density at radius 2 is 0.367 bits per heavy atom. The molecular weight excluding hydrogens is 1630 g/mol. The van der Waals surface area contributed by atoms with Crippen molar-refractivity contribution in [2.24, 2.45) is 0 Å². The van der Waals surface area contributed by atoms with Gasteiger partial charge in [-0.15, -0.1) is 94.1 Å². The SMILES string of the molecule is CCCCNc1c(NCCCC)c(NCCCC)c2c(c1NCCCC)-c1nc-2nc2[nH]c(nc3nc(nc4[nH]c(n1)c1c(NCCCC)c(NCCCC)c(NCCCC)c(NCCCC)c41)-c1c(SCCCC)c(SCCCC)c(SCCCC)c(SCCCC)c1-3)c1c(SCCCC)c(SCCCC)c(SCCCC)c(SCCCC)c21. The molecule has 8 bridgehead atoms. The van der Waals surface area contributed by atoms with Crippen molar-refractivity contribution in [2.45, 2.75) is 355 Å². The molecule has 0 fully saturated rings. The first-order valence-corrected chi connectivity index (χ1v) is 55.7. The molecule has 16 nitrogen and oxygen atoms in total. The molecule has 666 valence electrons. The average molecular weight is 1790 g/mol. The summed E-state index contributed by atoms with van der Waals surface area (Å²) in [5.74, 6) is 10.6. The molecule has 2 aliphatic heterocycles. The molecule has 0 atom stereocenters. The number of unbranched alkanes of at least 4 members (excludes halogenated alkanes) is 16. The number of anilines is 8. The Hall–Kier alpha value is -4.56. The third-order valence-corrected chi connectivity index (χ3v) is 32.2. The van der Waals surface area contributed by atoms with Gasteiger partial charge in [-0.25, -0.2) is 29.9 Å². The third-order valence-electron chi connectivity index (χ3n) is 21.9. The Morgan fingerprint density at radius 1 is 0.183 bits per heavy atom. The third kappa shape index (κ3) is 25.9. The molecule has 5 heterocycles. The van der Waals surface area contributed by atoms with Crippen LogP contribution in [-0.4, -0.2) is 138 Å². The second kappa shape index (κ2) is 55.1. The predicted octanol–water partition coefficient (Wildman–Crippen LogP) is 31.7. The predicted molar refractivity (Wildman–Crippen MR) is 548 cm³/mol. The van der Waals surface area contributed by atoms with Crippen LogP contribution in [0.5, 0.6) is 0 Å². The van der Waals surface area contributed by atoms with Gasteiger partial charge in [0.25, 0.3) is 0 Å². The second-order valence-corrected chi connectivity index (χ2v) is 40.9. The molecule has 10 N–H and O–H groups in total. The van der Waals surface area contributed by atoms with Crippen molar-refractivity contribution in [3.05, 3.63) is 0 Å². The lowest BCUT2D eigenvalue weighted by atomic mass is 9.98. The maximum atomic E-state index is 6.45. The first kappa shape index (κ1) is 99.2. The Bertz CT molecular complexity index is 3920. The minimum atomic E-state index is 0.594. The average Bonchev–Trinajstić information content (AvgIpc) is 1.55. The van der Waals surface area contributed by atoms with Crippen molar-refractivity contribution in [3.8, 4) is 45.6 Å². The minimum Gasteiger partial charge on any atom is -0.383 e. The van der Waals surface area contributed by atoms with Crippen LogP contribution in [0.15, 0.2) is 39.2 Å². The topological polar surface area (TPSA) is 205 Å². The van der Waals surface area contributed by atoms with Gasteiger partial charge in [0.1, 0.15) is 22.6 Å². The fraction of sp³-hybridized carbons (Fsp3) is 0.667. The zero-order chi connectivity index (χ0) is 85.4. The smallest absolute Gasteiger partial charge is 0.167 e. The maximum absolute atomic E-state index is 6.45. The second-order valence-electron chi connectivity index (χ2n) is 32.1. The number of nitrogens with zero attached hydrogens (tertiary/aromatic N) is 6. The summed E-state index contributed by atoms with van der Waals surface area (Å²) in [6.45, 7) is 43.4. The normalized spacial score (nSPS) is 11.9. The molecule has 2 aliphatic rings. The van der Waals surface area contributed by atoms with Gasteiger partial charge in [0.2, 0.25) is 0 Å². The number of benzene rings is 4. The number of rotatable bonds is 64. The van der Waals surface area contributed by atoms with Gasteiger partial charge in [-0.2, -0.15) is 0 Å². The monoisotopic (exact) mass is 1790 g/mol. The summed E-state index contributed by atoms with van der Waals surface area (Å²) in [6, 6.07) is 0. The summed E-state index contributed by atoms with van der Waals surface area (Å²) in [5.41, 5.74) is 15.3. The van der Waals surface area contributed by atoms with E-state index < -0.39 is 0 Å². The first-order chi connectivity index (χ1) is 59.0. The number of H-pyrrole nitrogens is 2. The molecule has 9 rings (SSSR count). The molecular formula is C96H154N16S8. The molecule has 0 amide bonds. The van der Waals surface area contributed by atoms with Gasteiger partial charge in [0, 0.05) is 113 Å². The van der Waals surface area contributed by atoms with E-state index >= 15 is 0 Å². The number of nitrogens with one attached hydrogen (secondary N) is 10. The van der Waals surface area contributed by atoms with E-state index in [1.165, 1.54) is 39.2 Å². The molecule has 24 heteroatoms. The van der Waals surface area contributed by atoms with Crippen LogP contribution in [0.25, 0.3) is 89.7 Å². The number of hydrogen-bond acceptors (Lipinski definition) is 22. The van der Waals surface area contributed by atoms with Crippen molar-refractivity contribution < 1.29 is 0 Å². The number of thioether (sulfide) groups is 8. The van der Waals surface area contributed by atoms with E-state index in [0.717, 1.165) is 404 Å². The van der Waals surface area contributed by atoms with E-state index in [0.29, 0.717) is 34.6 Å². The van der Waals surface area contributed by atoms with E-state index in [2.05, 4.69) is 210 Å². The fourth-order valence-electron chi connectivity index (χ4n) is 14.8. The zero-order valence-electron chi connectivity index (χ0n) is 76.9. The molecule has 0 unspecified atom stereocenters. The Labute approximate surface area is 759 Å². The largest absolute Gasteiger partial charge is 0.383 e. The Kier molecular flexibility index (Phi) is 45.6. The molecule has 4 aromatic carbocycles. The van der Waals surface area contributed by atoms with Gasteiger partial charge in [-0.3, -0.25) is 0 Å². The maximum Gasteiger partial charge on any atom is 0.167 e. The lowest BCUT2D eigenvalue weighted by Crippen LogP contribution is -2.16. The quantitative estimate of drug-likeness (QED) is 0.0127. The molecule has 0 spiro atoms. The summed E-state index contributed by atoms with van der Waals surface area (Å²) in [4.78, 5) is 57.4. The fourth-order valence-corrected chi connectivity index (χ4v) is 26.4. The van der Waals surface area contributed by atoms with Gasteiger partial charge in [-0.05, 0) is 149 Å². The van der Waals surface area contributed by atoms with Crippen LogP contribution in [0.1, 0.15) is 316 Å². The van der Waals surface area contributed by atoms with Gasteiger partial charge in [0.15, 0.2) is 23.3 Å². The van der Waals surface area contributed by atoms with Gasteiger partial charge in [0.05, 0.1) is 67.4 Å². The van der Waals surface area contributed by atoms with Crippen molar-refractivity contribution in [1.82, 2.24) is 39.9 Å². The highest BCUT2D eigenvalue weighted by atomic mass is 32.2. The van der Waals surface area contributed by atoms with Crippen LogP contribution >= 0.6 is 94.1 Å². The van der Waals surface area contributed by atoms with Crippen LogP contribution in [-0.2, 0) is 0 Å².